The second-order valence-electron chi connectivity index (χ2n) is 6.07. The fourth-order valence-corrected chi connectivity index (χ4v) is 4.91. The van der Waals surface area contributed by atoms with Crippen LogP contribution in [0.3, 0.4) is 0 Å². The number of Topliss-reactive ketones (excluding diaryl/α,β-unsaturated/α-hetero) is 1. The first-order valence-corrected chi connectivity index (χ1v) is 9.92. The van der Waals surface area contributed by atoms with Crippen LogP contribution < -0.4 is 0 Å². The SMILES string of the molecule is CC(=O)SC(CC(=O)[N+]1(C(=O)O)CCC[C@H]1C)C(=O)c1csc(Cl)c1. The van der Waals surface area contributed by atoms with E-state index < -0.39 is 21.7 Å². The third-order valence-corrected chi connectivity index (χ3v) is 6.57. The van der Waals surface area contributed by atoms with Crippen molar-refractivity contribution in [1.29, 1.82) is 0 Å². The van der Waals surface area contributed by atoms with Crippen LogP contribution in [0, 0.1) is 0 Å². The molecule has 1 aromatic rings. The minimum atomic E-state index is -1.20. The molecule has 0 saturated carbocycles. The number of hydrogen-bond acceptors (Lipinski definition) is 6. The van der Waals surface area contributed by atoms with Gasteiger partial charge in [-0.2, -0.15) is 9.28 Å². The first-order chi connectivity index (χ1) is 11.7. The molecule has 25 heavy (non-hydrogen) atoms. The summed E-state index contributed by atoms with van der Waals surface area (Å²) >= 11 is 7.80. The molecular formula is C16H19ClNO5S2+. The Hall–Kier alpha value is -1.22. The van der Waals surface area contributed by atoms with Gasteiger partial charge in [0.15, 0.2) is 10.9 Å². The Morgan fingerprint density at radius 2 is 2.12 bits per heavy atom. The van der Waals surface area contributed by atoms with Crippen LogP contribution in [0.15, 0.2) is 11.4 Å². The highest BCUT2D eigenvalue weighted by Crippen LogP contribution is 2.32. The van der Waals surface area contributed by atoms with Crippen LogP contribution in [-0.4, -0.2) is 50.3 Å². The number of thioether (sulfide) groups is 1. The lowest BCUT2D eigenvalue weighted by atomic mass is 10.1. The van der Waals surface area contributed by atoms with Crippen LogP contribution in [0.4, 0.5) is 4.79 Å². The minimum Gasteiger partial charge on any atom is -0.435 e. The average Bonchev–Trinajstić information content (AvgIpc) is 3.11. The fraction of sp³-hybridized carbons (Fsp3) is 0.500. The fourth-order valence-electron chi connectivity index (χ4n) is 3.17. The molecule has 2 rings (SSSR count). The summed E-state index contributed by atoms with van der Waals surface area (Å²) in [7, 11) is 0. The largest absolute Gasteiger partial charge is 0.521 e. The molecule has 1 N–H and O–H groups in total. The molecule has 2 amide bonds. The molecule has 0 aromatic carbocycles. The number of ketones is 1. The van der Waals surface area contributed by atoms with Crippen molar-refractivity contribution in [2.45, 2.75) is 44.4 Å². The van der Waals surface area contributed by atoms with Gasteiger partial charge in [0, 0.05) is 30.7 Å². The summed E-state index contributed by atoms with van der Waals surface area (Å²) in [6.45, 7) is 3.26. The van der Waals surface area contributed by atoms with E-state index in [9.17, 15) is 24.3 Å². The monoisotopic (exact) mass is 404 g/mol. The van der Waals surface area contributed by atoms with E-state index in [2.05, 4.69) is 0 Å². The van der Waals surface area contributed by atoms with Gasteiger partial charge in [0.2, 0.25) is 0 Å². The molecule has 2 heterocycles. The van der Waals surface area contributed by atoms with Gasteiger partial charge in [-0.3, -0.25) is 9.59 Å². The number of carbonyl (C=O) groups is 4. The molecule has 0 spiro atoms. The van der Waals surface area contributed by atoms with Crippen molar-refractivity contribution in [3.05, 3.63) is 21.3 Å². The normalized spacial score (nSPS) is 24.0. The molecule has 1 fully saturated rings. The van der Waals surface area contributed by atoms with Gasteiger partial charge in [-0.1, -0.05) is 23.4 Å². The maximum absolute atomic E-state index is 12.8. The van der Waals surface area contributed by atoms with Gasteiger partial charge in [-0.05, 0) is 13.0 Å². The molecule has 2 unspecified atom stereocenters. The Bertz CT molecular complexity index is 719. The Morgan fingerprint density at radius 3 is 2.56 bits per heavy atom. The molecule has 0 bridgehead atoms. The highest BCUT2D eigenvalue weighted by Gasteiger charge is 2.53. The number of amides is 2. The Kier molecular flexibility index (Phi) is 6.42. The van der Waals surface area contributed by atoms with Gasteiger partial charge in [0.1, 0.15) is 6.04 Å². The minimum absolute atomic E-state index is 0.214. The summed E-state index contributed by atoms with van der Waals surface area (Å²) in [6, 6.07) is 1.14. The molecule has 1 saturated heterocycles. The van der Waals surface area contributed by atoms with Crippen molar-refractivity contribution in [3.8, 4) is 0 Å². The average molecular weight is 405 g/mol. The molecule has 1 aliphatic rings. The number of hydrogen-bond donors (Lipinski definition) is 1. The molecule has 9 heteroatoms. The van der Waals surface area contributed by atoms with Gasteiger partial charge in [-0.15, -0.1) is 11.3 Å². The molecule has 6 nitrogen and oxygen atoms in total. The van der Waals surface area contributed by atoms with E-state index in [0.717, 1.165) is 11.8 Å². The number of imide groups is 1. The van der Waals surface area contributed by atoms with Crippen LogP contribution in [0.2, 0.25) is 4.34 Å². The van der Waals surface area contributed by atoms with E-state index in [1.54, 1.807) is 12.3 Å². The summed E-state index contributed by atoms with van der Waals surface area (Å²) in [5.41, 5.74) is 0.331. The van der Waals surface area contributed by atoms with E-state index in [1.807, 2.05) is 0 Å². The molecule has 136 valence electrons. The number of quaternary nitrogens is 1. The molecule has 0 aliphatic carbocycles. The molecule has 0 radical (unpaired) electrons. The standard InChI is InChI=1S/C16H18ClNO5S2/c1-9-4-3-5-18(9,16(22)23)14(20)7-12(25-10(2)19)15(21)11-6-13(17)24-8-11/h6,8-9,12H,3-5,7H2,1-2H3/p+1/t9-,12?,18?/m1/s1. The number of rotatable bonds is 5. The lowest BCUT2D eigenvalue weighted by Crippen LogP contribution is -2.59. The second kappa shape index (κ2) is 7.99. The zero-order valence-electron chi connectivity index (χ0n) is 13.9. The number of carboxylic acid groups (broad SMARTS) is 1. The van der Waals surface area contributed by atoms with Crippen LogP contribution in [-0.2, 0) is 9.59 Å². The van der Waals surface area contributed by atoms with E-state index >= 15 is 0 Å². The van der Waals surface area contributed by atoms with Crippen molar-refractivity contribution in [2.75, 3.05) is 6.54 Å². The maximum Gasteiger partial charge on any atom is 0.521 e. The number of nitrogens with zero attached hydrogens (tertiary/aromatic N) is 1. The predicted molar refractivity (Wildman–Crippen MR) is 97.2 cm³/mol. The van der Waals surface area contributed by atoms with Gasteiger partial charge in [-0.25, -0.2) is 4.79 Å². The number of halogens is 1. The maximum atomic E-state index is 12.8. The molecular weight excluding hydrogens is 386 g/mol. The lowest BCUT2D eigenvalue weighted by molar-refractivity contribution is -0.792. The first kappa shape index (κ1) is 20.1. The van der Waals surface area contributed by atoms with E-state index in [1.165, 1.54) is 24.3 Å². The van der Waals surface area contributed by atoms with Gasteiger partial charge in [0.05, 0.1) is 22.6 Å². The second-order valence-corrected chi connectivity index (χ2v) is 8.99. The highest BCUT2D eigenvalue weighted by molar-refractivity contribution is 8.14. The van der Waals surface area contributed by atoms with Gasteiger partial charge >= 0.3 is 12.0 Å². The summed E-state index contributed by atoms with van der Waals surface area (Å²) < 4.78 is -0.240. The number of thiophene rings is 1. The smallest absolute Gasteiger partial charge is 0.435 e. The van der Waals surface area contributed by atoms with E-state index in [0.29, 0.717) is 22.7 Å². The first-order valence-electron chi connectivity index (χ1n) is 7.78. The van der Waals surface area contributed by atoms with Crippen LogP contribution in [0.25, 0.3) is 0 Å². The van der Waals surface area contributed by atoms with Crippen molar-refractivity contribution in [3.63, 3.8) is 0 Å². The number of carbonyl (C=O) groups excluding carboxylic acids is 3. The Morgan fingerprint density at radius 1 is 1.44 bits per heavy atom. The molecule has 1 aromatic heterocycles. The van der Waals surface area contributed by atoms with E-state index in [4.69, 9.17) is 11.6 Å². The van der Waals surface area contributed by atoms with Gasteiger partial charge in [0.25, 0.3) is 0 Å². The zero-order valence-corrected chi connectivity index (χ0v) is 16.2. The van der Waals surface area contributed by atoms with Crippen molar-refractivity contribution < 1.29 is 28.8 Å². The van der Waals surface area contributed by atoms with Crippen molar-refractivity contribution in [1.82, 2.24) is 0 Å². The van der Waals surface area contributed by atoms with Gasteiger partial charge < -0.3 is 5.11 Å². The zero-order chi connectivity index (χ0) is 18.8. The van der Waals surface area contributed by atoms with Crippen LogP contribution in [0.5, 0.6) is 0 Å². The van der Waals surface area contributed by atoms with Crippen LogP contribution in [0.1, 0.15) is 43.5 Å². The summed E-state index contributed by atoms with van der Waals surface area (Å²) in [5.74, 6) is -0.919. The quantitative estimate of drug-likeness (QED) is 0.592. The van der Waals surface area contributed by atoms with Crippen LogP contribution >= 0.6 is 34.7 Å². The van der Waals surface area contributed by atoms with E-state index in [-0.39, 0.29) is 29.9 Å². The summed E-state index contributed by atoms with van der Waals surface area (Å²) in [5, 5.41) is 9.96. The van der Waals surface area contributed by atoms with Crippen molar-refractivity contribution in [2.24, 2.45) is 0 Å². The molecule has 3 atom stereocenters. The highest BCUT2D eigenvalue weighted by atomic mass is 35.5. The Labute approximate surface area is 158 Å². The van der Waals surface area contributed by atoms with Crippen molar-refractivity contribution >= 4 is 57.6 Å². The molecule has 1 aliphatic heterocycles. The third kappa shape index (κ3) is 4.13. The predicted octanol–water partition coefficient (Wildman–Crippen LogP) is 3.83. The topological polar surface area (TPSA) is 88.5 Å². The summed E-state index contributed by atoms with van der Waals surface area (Å²) in [4.78, 5) is 48.8. The summed E-state index contributed by atoms with van der Waals surface area (Å²) in [6.07, 6.45) is -0.227. The number of likely N-dealkylation sites (tertiary alicyclic amines) is 1. The lowest BCUT2D eigenvalue weighted by Gasteiger charge is -2.30. The third-order valence-electron chi connectivity index (χ3n) is 4.48. The Balaban J connectivity index is 2.27.